The molecule has 706 valence electrons. The molecule has 4 aliphatic heterocycles. The van der Waals surface area contributed by atoms with Gasteiger partial charge in [0.25, 0.3) is 0 Å². The van der Waals surface area contributed by atoms with Crippen LogP contribution in [0.5, 0.6) is 23.0 Å². The second kappa shape index (κ2) is 38.6. The van der Waals surface area contributed by atoms with Crippen LogP contribution in [0.3, 0.4) is 0 Å². The van der Waals surface area contributed by atoms with Crippen LogP contribution in [-0.2, 0) is 57.3 Å². The number of benzene rings is 2. The molecule has 16 rings (SSSR count). The number of likely N-dealkylation sites (tertiary alicyclic amines) is 2. The van der Waals surface area contributed by atoms with Gasteiger partial charge in [-0.3, -0.25) is 48.2 Å². The Morgan fingerprint density at radius 3 is 1.32 bits per heavy atom. The molecule has 32 heteroatoms. The van der Waals surface area contributed by atoms with E-state index in [1.54, 1.807) is 29.2 Å². The van der Waals surface area contributed by atoms with Gasteiger partial charge in [-0.25, -0.2) is 19.9 Å². The van der Waals surface area contributed by atoms with Gasteiger partial charge < -0.3 is 68.5 Å². The van der Waals surface area contributed by atoms with Crippen molar-refractivity contribution in [3.63, 3.8) is 0 Å². The summed E-state index contributed by atoms with van der Waals surface area (Å²) in [6.45, 7) is 40.4. The van der Waals surface area contributed by atoms with E-state index in [9.17, 15) is 48.6 Å². The fourth-order valence-electron chi connectivity index (χ4n) is 20.6. The number of nitrogens with one attached hydrogen (secondary N) is 2. The van der Waals surface area contributed by atoms with Crippen LogP contribution in [0.15, 0.2) is 59.8 Å². The molecule has 6 aromatic rings. The Morgan fingerprint density at radius 1 is 0.562 bits per heavy atom. The quantitative estimate of drug-likeness (QED) is 0.0210. The molecule has 4 aromatic heterocycles. The van der Waals surface area contributed by atoms with Gasteiger partial charge in [-0.15, -0.1) is 29.3 Å². The van der Waals surface area contributed by atoms with Crippen LogP contribution in [0.25, 0.3) is 44.6 Å². The third kappa shape index (κ3) is 21.5. The van der Waals surface area contributed by atoms with E-state index in [1.165, 1.54) is 40.4 Å². The first-order valence-electron chi connectivity index (χ1n) is 46.6. The van der Waals surface area contributed by atoms with Crippen molar-refractivity contribution in [2.75, 3.05) is 89.5 Å². The molecule has 10 aliphatic rings. The van der Waals surface area contributed by atoms with Crippen LogP contribution in [0.4, 0.5) is 10.3 Å². The SMILES string of the molecule is C=C[C@@H]1CC1(CC(=O)[C@@H]1C[C@@H](Oc2cc(-c3csc(NC(C)C)n3)nc3c(Cl)c(OCCN4CCOCC4(C)C)ccc23)CN1C(=O)[C@@H](CC(=O)OC1C[C@@H]2C[C@@H]2C1)C(C)(C)C)C(=O)O.CC[C@@H]1CC1(CC(=O)[C@@H]1C[C@@H](Oc2cc(-c3csc(NC(C)C)n3)nc3c(Cl)c(OCCN4CCOCC4(C)C)ccc23)CN1C(=O)[C@@H](CC(=O)OC1C[C@@H]2C[C@@H]2C1)C(C)(C)C)C(=O)O. The van der Waals surface area contributed by atoms with E-state index in [1.807, 2.05) is 105 Å². The molecule has 8 heterocycles. The minimum atomic E-state index is -1.27. The standard InChI is InChI=1S/C49H66ClN5O9S.C49H64ClN5O9S/c2*1-9-30-22-49(30,45(59)60)23-38(56)37-19-32(24-55(37)44(58)34(47(4,5)6)20-41(57)64-31-17-28-16-29(28)18-31)63-40-21-35(36-25-65-46(53-36)51-27(2)3)52-43-33(40)10-11-39(42(43)50)62-15-13-54-12-14-61-26-48(54,7)8/h10-11,21,25,27-32,34,37H,9,12-20,22-24,26H2,1-8H3,(H,51,53)(H,59,60);9-11,21,25,27-32,34,37H,1,12-20,22-24,26H2,2-8H3,(H,51,53)(H,59,60)/t2*28-,29+,30-,31?,32-,34-,37+,49?/m11/s1. The fourth-order valence-corrected chi connectivity index (χ4v) is 22.8. The van der Waals surface area contributed by atoms with E-state index in [2.05, 4.69) is 54.7 Å². The van der Waals surface area contributed by atoms with Gasteiger partial charge >= 0.3 is 23.9 Å². The summed E-state index contributed by atoms with van der Waals surface area (Å²) in [6.07, 6.45) is 6.69. The molecule has 4 unspecified atom stereocenters. The van der Waals surface area contributed by atoms with Crippen LogP contribution in [0, 0.1) is 69.0 Å². The number of aromatic nitrogens is 4. The molecular formula is C98H130Cl2N10O18S2. The van der Waals surface area contributed by atoms with E-state index >= 15 is 0 Å². The number of pyridine rings is 2. The number of carbonyl (C=O) groups is 8. The highest BCUT2D eigenvalue weighted by Crippen LogP contribution is 2.60. The van der Waals surface area contributed by atoms with Crippen molar-refractivity contribution >= 4 is 125 Å². The van der Waals surface area contributed by atoms with Crippen molar-refractivity contribution in [1.29, 1.82) is 0 Å². The van der Waals surface area contributed by atoms with Crippen molar-refractivity contribution in [3.05, 3.63) is 69.9 Å². The molecule has 6 aliphatic carbocycles. The Labute approximate surface area is 780 Å². The summed E-state index contributed by atoms with van der Waals surface area (Å²) in [4.78, 5) is 138. The van der Waals surface area contributed by atoms with E-state index in [0.717, 1.165) is 49.0 Å². The number of rotatable bonds is 36. The van der Waals surface area contributed by atoms with Gasteiger partial charge in [-0.05, 0) is 177 Å². The number of halogens is 2. The number of hydrogen-bond donors (Lipinski definition) is 4. The number of anilines is 2. The second-order valence-electron chi connectivity index (χ2n) is 42.1. The van der Waals surface area contributed by atoms with Crippen LogP contribution < -0.4 is 29.6 Å². The first kappa shape index (κ1) is 96.2. The number of fused-ring (bicyclic) bond motifs is 4. The predicted molar refractivity (Wildman–Crippen MR) is 499 cm³/mol. The third-order valence-electron chi connectivity index (χ3n) is 28.7. The van der Waals surface area contributed by atoms with Crippen LogP contribution in [0.1, 0.15) is 200 Å². The van der Waals surface area contributed by atoms with Gasteiger partial charge in [-0.1, -0.05) is 84.2 Å². The molecule has 10 fully saturated rings. The lowest BCUT2D eigenvalue weighted by Crippen LogP contribution is -2.54. The smallest absolute Gasteiger partial charge is 0.310 e. The zero-order valence-corrected chi connectivity index (χ0v) is 81.0. The van der Waals surface area contributed by atoms with Crippen molar-refractivity contribution in [3.8, 4) is 45.8 Å². The maximum absolute atomic E-state index is 14.9. The number of carbonyl (C=O) groups excluding carboxylic acids is 6. The molecular weight excluding hydrogens is 1740 g/mol. The van der Waals surface area contributed by atoms with Crippen LogP contribution in [-0.4, -0.2) is 236 Å². The number of allylic oxidation sites excluding steroid dienone is 1. The third-order valence-corrected chi connectivity index (χ3v) is 31.0. The highest BCUT2D eigenvalue weighted by molar-refractivity contribution is 7.14. The normalized spacial score (nSPS) is 27.6. The van der Waals surface area contributed by atoms with E-state index < -0.39 is 81.7 Å². The van der Waals surface area contributed by atoms with Gasteiger partial charge in [0.2, 0.25) is 11.8 Å². The molecule has 16 atom stereocenters. The number of esters is 2. The summed E-state index contributed by atoms with van der Waals surface area (Å²) < 4.78 is 49.6. The number of carboxylic acids is 2. The minimum Gasteiger partial charge on any atom is -0.491 e. The van der Waals surface area contributed by atoms with E-state index in [4.69, 9.17) is 81.0 Å². The number of aliphatic carboxylic acids is 2. The molecule has 4 N–H and O–H groups in total. The van der Waals surface area contributed by atoms with Gasteiger partial charge in [0, 0.05) is 109 Å². The summed E-state index contributed by atoms with van der Waals surface area (Å²) in [5.41, 5.74) is -0.891. The Bertz CT molecular complexity index is 5240. The summed E-state index contributed by atoms with van der Waals surface area (Å²) in [5.74, 6) is -2.06. The first-order chi connectivity index (χ1) is 61.5. The molecule has 0 spiro atoms. The van der Waals surface area contributed by atoms with Gasteiger partial charge in [0.05, 0.1) is 110 Å². The monoisotopic (exact) mass is 1870 g/mol. The molecule has 2 amide bonds. The lowest BCUT2D eigenvalue weighted by Gasteiger charge is -2.41. The maximum atomic E-state index is 14.9. The Kier molecular flexibility index (Phi) is 28.5. The predicted octanol–water partition coefficient (Wildman–Crippen LogP) is 16.8. The number of thiazole rings is 2. The molecule has 4 saturated heterocycles. The average Bonchev–Trinajstić information content (AvgIpc) is 1.58. The number of ketones is 2. The number of amides is 2. The van der Waals surface area contributed by atoms with Crippen molar-refractivity contribution in [2.24, 2.45) is 69.0 Å². The Balaban J connectivity index is 0.000000199. The first-order valence-corrected chi connectivity index (χ1v) is 49.1. The van der Waals surface area contributed by atoms with E-state index in [-0.39, 0.29) is 122 Å². The summed E-state index contributed by atoms with van der Waals surface area (Å²) >= 11 is 17.3. The van der Waals surface area contributed by atoms with Crippen LogP contribution >= 0.6 is 45.9 Å². The zero-order chi connectivity index (χ0) is 93.2. The summed E-state index contributed by atoms with van der Waals surface area (Å²) in [6, 6.07) is 9.30. The summed E-state index contributed by atoms with van der Waals surface area (Å²) in [5, 5.41) is 34.4. The van der Waals surface area contributed by atoms with E-state index in [0.29, 0.717) is 173 Å². The highest BCUT2D eigenvalue weighted by Gasteiger charge is 2.63. The van der Waals surface area contributed by atoms with Crippen molar-refractivity contribution < 1.29 is 86.5 Å². The Hall–Kier alpha value is -8.36. The van der Waals surface area contributed by atoms with Crippen LogP contribution in [0.2, 0.25) is 10.0 Å². The number of ether oxygens (including phenoxy) is 8. The largest absolute Gasteiger partial charge is 0.491 e. The molecule has 130 heavy (non-hydrogen) atoms. The number of Topliss-reactive ketones (excluding diaryl/α,β-unsaturated/α-hetero) is 2. The topological polar surface area (TPSA) is 339 Å². The van der Waals surface area contributed by atoms with Gasteiger partial charge in [0.15, 0.2) is 21.8 Å². The zero-order valence-electron chi connectivity index (χ0n) is 77.8. The summed E-state index contributed by atoms with van der Waals surface area (Å²) in [7, 11) is 0. The molecule has 6 saturated carbocycles. The molecule has 2 aromatic carbocycles. The lowest BCUT2D eigenvalue weighted by molar-refractivity contribution is -0.157. The number of nitrogens with zero attached hydrogens (tertiary/aromatic N) is 8. The maximum Gasteiger partial charge on any atom is 0.310 e. The number of hydrogen-bond acceptors (Lipinski definition) is 26. The highest BCUT2D eigenvalue weighted by atomic mass is 35.5. The fraction of sp³-hybridized carbons (Fsp3) is 0.653. The number of morpholine rings is 2. The minimum absolute atomic E-state index is 0.0267. The lowest BCUT2D eigenvalue weighted by atomic mass is 9.77. The molecule has 0 radical (unpaired) electrons. The second-order valence-corrected chi connectivity index (χ2v) is 44.6. The van der Waals surface area contributed by atoms with Gasteiger partial charge in [0.1, 0.15) is 82.1 Å². The molecule has 0 bridgehead atoms. The van der Waals surface area contributed by atoms with Gasteiger partial charge in [-0.2, -0.15) is 0 Å². The Morgan fingerprint density at radius 2 is 0.969 bits per heavy atom. The number of carboxylic acid groups (broad SMARTS) is 2. The van der Waals surface area contributed by atoms with Crippen molar-refractivity contribution in [2.45, 2.75) is 260 Å². The molecule has 28 nitrogen and oxygen atoms in total. The van der Waals surface area contributed by atoms with Crippen molar-refractivity contribution in [1.82, 2.24) is 39.5 Å². The average molecular weight is 1870 g/mol.